The van der Waals surface area contributed by atoms with Crippen LogP contribution in [0.2, 0.25) is 0 Å². The Morgan fingerprint density at radius 3 is 2.58 bits per heavy atom. The molecule has 1 saturated carbocycles. The summed E-state index contributed by atoms with van der Waals surface area (Å²) < 4.78 is 5.79. The van der Waals surface area contributed by atoms with Gasteiger partial charge in [-0.15, -0.1) is 0 Å². The number of hydrogen-bond acceptors (Lipinski definition) is 1. The Morgan fingerprint density at radius 1 is 1.33 bits per heavy atom. The second-order valence-corrected chi connectivity index (χ2v) is 4.31. The van der Waals surface area contributed by atoms with Crippen molar-refractivity contribution in [3.05, 3.63) is 6.92 Å². The molecule has 1 fully saturated rings. The van der Waals surface area contributed by atoms with Crippen molar-refractivity contribution in [2.45, 2.75) is 45.6 Å². The third kappa shape index (κ3) is 3.14. The Balaban J connectivity index is 2.20. The minimum atomic E-state index is 0.446. The lowest BCUT2D eigenvalue weighted by molar-refractivity contribution is -0.00977. The van der Waals surface area contributed by atoms with E-state index in [2.05, 4.69) is 20.8 Å². The van der Waals surface area contributed by atoms with Crippen molar-refractivity contribution >= 4 is 0 Å². The maximum absolute atomic E-state index is 5.79. The highest BCUT2D eigenvalue weighted by molar-refractivity contribution is 4.77. The van der Waals surface area contributed by atoms with Gasteiger partial charge in [0.2, 0.25) is 0 Å². The Labute approximate surface area is 76.5 Å². The average Bonchev–Trinajstić information content (AvgIpc) is 2.03. The smallest absolute Gasteiger partial charge is 0.0603 e. The van der Waals surface area contributed by atoms with Gasteiger partial charge in [-0.05, 0) is 31.6 Å². The van der Waals surface area contributed by atoms with E-state index >= 15 is 0 Å². The lowest BCUT2D eigenvalue weighted by Crippen LogP contribution is -2.27. The van der Waals surface area contributed by atoms with Crippen LogP contribution in [0.5, 0.6) is 0 Å². The zero-order valence-corrected chi connectivity index (χ0v) is 8.38. The fourth-order valence-electron chi connectivity index (χ4n) is 1.71. The van der Waals surface area contributed by atoms with Crippen molar-refractivity contribution in [2.24, 2.45) is 11.8 Å². The van der Waals surface area contributed by atoms with E-state index in [0.717, 1.165) is 6.61 Å². The van der Waals surface area contributed by atoms with Crippen LogP contribution in [-0.2, 0) is 4.74 Å². The van der Waals surface area contributed by atoms with Crippen molar-refractivity contribution in [1.29, 1.82) is 0 Å². The minimum Gasteiger partial charge on any atom is -0.378 e. The second kappa shape index (κ2) is 4.86. The van der Waals surface area contributed by atoms with E-state index in [0.29, 0.717) is 17.9 Å². The normalized spacial score (nSPS) is 31.0. The summed E-state index contributed by atoms with van der Waals surface area (Å²) in [5.41, 5.74) is 0. The molecular weight excluding hydrogens is 148 g/mol. The van der Waals surface area contributed by atoms with Gasteiger partial charge in [-0.25, -0.2) is 0 Å². The first-order chi connectivity index (χ1) is 5.70. The molecule has 1 radical (unpaired) electrons. The van der Waals surface area contributed by atoms with Gasteiger partial charge >= 0.3 is 0 Å². The first kappa shape index (κ1) is 10.0. The Hall–Kier alpha value is -0.0400. The van der Waals surface area contributed by atoms with Crippen molar-refractivity contribution < 1.29 is 4.74 Å². The first-order valence-electron chi connectivity index (χ1n) is 5.15. The molecule has 0 heterocycles. The molecule has 0 aliphatic heterocycles. The summed E-state index contributed by atoms with van der Waals surface area (Å²) in [6.45, 7) is 9.42. The van der Waals surface area contributed by atoms with E-state index in [1.807, 2.05) is 0 Å². The molecule has 12 heavy (non-hydrogen) atoms. The number of ether oxygens (including phenoxy) is 1. The Morgan fingerprint density at radius 2 is 2.00 bits per heavy atom. The maximum atomic E-state index is 5.79. The summed E-state index contributed by atoms with van der Waals surface area (Å²) in [7, 11) is 0. The molecule has 0 aromatic rings. The van der Waals surface area contributed by atoms with Crippen molar-refractivity contribution in [3.8, 4) is 0 Å². The van der Waals surface area contributed by atoms with E-state index in [-0.39, 0.29) is 0 Å². The topological polar surface area (TPSA) is 9.23 Å². The zero-order valence-electron chi connectivity index (χ0n) is 8.38. The van der Waals surface area contributed by atoms with Gasteiger partial charge in [0.25, 0.3) is 0 Å². The molecule has 71 valence electrons. The van der Waals surface area contributed by atoms with E-state index in [9.17, 15) is 0 Å². The van der Waals surface area contributed by atoms with Gasteiger partial charge in [0.05, 0.1) is 6.10 Å². The van der Waals surface area contributed by atoms with Crippen LogP contribution in [0.3, 0.4) is 0 Å². The van der Waals surface area contributed by atoms with Gasteiger partial charge in [-0.3, -0.25) is 0 Å². The van der Waals surface area contributed by atoms with Crippen LogP contribution in [-0.4, -0.2) is 12.7 Å². The van der Waals surface area contributed by atoms with Crippen LogP contribution in [0.1, 0.15) is 39.5 Å². The van der Waals surface area contributed by atoms with Crippen LogP contribution < -0.4 is 0 Å². The highest BCUT2D eigenvalue weighted by Gasteiger charge is 2.21. The van der Waals surface area contributed by atoms with Gasteiger partial charge < -0.3 is 4.74 Å². The summed E-state index contributed by atoms with van der Waals surface area (Å²) in [6, 6.07) is 0. The van der Waals surface area contributed by atoms with E-state index in [1.54, 1.807) is 0 Å². The monoisotopic (exact) mass is 169 g/mol. The van der Waals surface area contributed by atoms with Crippen LogP contribution >= 0.6 is 0 Å². The summed E-state index contributed by atoms with van der Waals surface area (Å²) in [5, 5.41) is 0. The molecule has 2 atom stereocenters. The highest BCUT2D eigenvalue weighted by atomic mass is 16.5. The quantitative estimate of drug-likeness (QED) is 0.631. The number of hydrogen-bond donors (Lipinski definition) is 0. The molecule has 1 rings (SSSR count). The van der Waals surface area contributed by atoms with Gasteiger partial charge in [0.1, 0.15) is 0 Å². The summed E-state index contributed by atoms with van der Waals surface area (Å²) in [4.78, 5) is 0. The van der Waals surface area contributed by atoms with Crippen LogP contribution in [0, 0.1) is 18.8 Å². The van der Waals surface area contributed by atoms with E-state index in [4.69, 9.17) is 4.74 Å². The standard InChI is InChI=1S/C11H21O/c1-9(2)8-12-11-7-5-4-6-10(11)3/h9-11H,3-8H2,1-2H3. The number of rotatable bonds is 3. The molecule has 0 saturated heterocycles. The van der Waals surface area contributed by atoms with Crippen LogP contribution in [0.15, 0.2) is 0 Å². The molecule has 1 aliphatic carbocycles. The molecule has 2 unspecified atom stereocenters. The van der Waals surface area contributed by atoms with Crippen molar-refractivity contribution in [3.63, 3.8) is 0 Å². The summed E-state index contributed by atoms with van der Waals surface area (Å²) >= 11 is 0. The van der Waals surface area contributed by atoms with Crippen molar-refractivity contribution in [1.82, 2.24) is 0 Å². The summed E-state index contributed by atoms with van der Waals surface area (Å²) in [6.07, 6.45) is 5.59. The molecule has 0 spiro atoms. The first-order valence-corrected chi connectivity index (χ1v) is 5.15. The maximum Gasteiger partial charge on any atom is 0.0603 e. The van der Waals surface area contributed by atoms with Gasteiger partial charge in [-0.1, -0.05) is 26.7 Å². The Bertz CT molecular complexity index is 120. The molecule has 0 bridgehead atoms. The SMILES string of the molecule is [CH2]C1CCCCC1OCC(C)C. The van der Waals surface area contributed by atoms with Gasteiger partial charge in [0.15, 0.2) is 0 Å². The lowest BCUT2D eigenvalue weighted by Gasteiger charge is -2.29. The molecule has 1 heteroatoms. The zero-order chi connectivity index (χ0) is 8.97. The summed E-state index contributed by atoms with van der Waals surface area (Å²) in [5.74, 6) is 1.19. The fourth-order valence-corrected chi connectivity index (χ4v) is 1.71. The molecular formula is C11H21O. The lowest BCUT2D eigenvalue weighted by atomic mass is 9.88. The van der Waals surface area contributed by atoms with Gasteiger partial charge in [0, 0.05) is 6.61 Å². The molecule has 0 amide bonds. The molecule has 0 aromatic carbocycles. The van der Waals surface area contributed by atoms with E-state index in [1.165, 1.54) is 25.7 Å². The predicted molar refractivity (Wildman–Crippen MR) is 51.9 cm³/mol. The molecule has 0 aromatic heterocycles. The highest BCUT2D eigenvalue weighted by Crippen LogP contribution is 2.26. The van der Waals surface area contributed by atoms with Gasteiger partial charge in [-0.2, -0.15) is 0 Å². The Kier molecular flexibility index (Phi) is 4.07. The minimum absolute atomic E-state index is 0.446. The largest absolute Gasteiger partial charge is 0.378 e. The third-order valence-corrected chi connectivity index (χ3v) is 2.48. The van der Waals surface area contributed by atoms with Crippen LogP contribution in [0.25, 0.3) is 0 Å². The third-order valence-electron chi connectivity index (χ3n) is 2.48. The molecule has 1 nitrogen and oxygen atoms in total. The van der Waals surface area contributed by atoms with Crippen LogP contribution in [0.4, 0.5) is 0 Å². The van der Waals surface area contributed by atoms with Crippen molar-refractivity contribution in [2.75, 3.05) is 6.61 Å². The average molecular weight is 169 g/mol. The fraction of sp³-hybridized carbons (Fsp3) is 0.909. The molecule has 1 aliphatic rings. The second-order valence-electron chi connectivity index (χ2n) is 4.31. The molecule has 0 N–H and O–H groups in total. The van der Waals surface area contributed by atoms with E-state index < -0.39 is 0 Å². The predicted octanol–water partition coefficient (Wildman–Crippen LogP) is 3.05.